The Morgan fingerprint density at radius 3 is 1.36 bits per heavy atom. The lowest BCUT2D eigenvalue weighted by Crippen LogP contribution is -2.18. The quantitative estimate of drug-likeness (QED) is 0.243. The maximum atomic E-state index is 2.50. The average molecular weight is 509 g/mol. The molecule has 0 bridgehead atoms. The molecule has 0 aliphatic heterocycles. The summed E-state index contributed by atoms with van der Waals surface area (Å²) in [6, 6.07) is 31.9. The number of benzene rings is 4. The Hall–Kier alpha value is -3.64. The van der Waals surface area contributed by atoms with Crippen molar-refractivity contribution < 1.29 is 0 Å². The molecular weight excluding hydrogens is 468 g/mol. The summed E-state index contributed by atoms with van der Waals surface area (Å²) in [5.74, 6) is 1.06. The van der Waals surface area contributed by atoms with E-state index in [1.54, 1.807) is 0 Å². The molecular formula is C39H40. The van der Waals surface area contributed by atoms with Crippen LogP contribution in [0.1, 0.15) is 86.8 Å². The first-order valence-corrected chi connectivity index (χ1v) is 14.6. The third-order valence-electron chi connectivity index (χ3n) is 9.13. The fourth-order valence-electron chi connectivity index (χ4n) is 6.38. The van der Waals surface area contributed by atoms with E-state index in [2.05, 4.69) is 139 Å². The van der Waals surface area contributed by atoms with E-state index < -0.39 is 0 Å². The minimum Gasteiger partial charge on any atom is -0.0614 e. The van der Waals surface area contributed by atoms with E-state index in [-0.39, 0.29) is 5.41 Å². The second-order valence-corrected chi connectivity index (χ2v) is 12.6. The Morgan fingerprint density at radius 1 is 0.538 bits per heavy atom. The smallest absolute Gasteiger partial charge is 0.00773 e. The number of allylic oxidation sites excluding steroid dienone is 2. The van der Waals surface area contributed by atoms with Gasteiger partial charge in [-0.15, -0.1) is 0 Å². The zero-order valence-electron chi connectivity index (χ0n) is 24.3. The van der Waals surface area contributed by atoms with E-state index >= 15 is 0 Å². The number of hydrogen-bond donors (Lipinski definition) is 0. The third kappa shape index (κ3) is 4.61. The van der Waals surface area contributed by atoms with Gasteiger partial charge >= 0.3 is 0 Å². The number of hydrogen-bond acceptors (Lipinski definition) is 0. The van der Waals surface area contributed by atoms with Crippen molar-refractivity contribution in [2.45, 2.75) is 66.2 Å². The maximum Gasteiger partial charge on any atom is 0.00773 e. The Kier molecular flexibility index (Phi) is 6.46. The molecule has 0 aromatic heterocycles. The molecule has 0 N–H and O–H groups in total. The first-order valence-electron chi connectivity index (χ1n) is 14.6. The van der Waals surface area contributed by atoms with Gasteiger partial charge in [-0.1, -0.05) is 150 Å². The summed E-state index contributed by atoms with van der Waals surface area (Å²) in [5.41, 5.74) is 16.9. The Bertz CT molecular complexity index is 1500. The summed E-state index contributed by atoms with van der Waals surface area (Å²) in [4.78, 5) is 0. The van der Waals surface area contributed by atoms with Gasteiger partial charge in [-0.25, -0.2) is 0 Å². The first kappa shape index (κ1) is 25.6. The van der Waals surface area contributed by atoms with E-state index in [1.807, 2.05) is 0 Å². The SMILES string of the molecule is CC(C)c1cccc(-c2cccc3c2C=C(C(C)(C)C2=Cc4c(cccc4-c4cccc(C(C)C)c4)C2)C3)c1. The molecule has 0 fully saturated rings. The van der Waals surface area contributed by atoms with Crippen LogP contribution in [-0.2, 0) is 12.8 Å². The molecule has 0 saturated heterocycles. The molecule has 0 amide bonds. The van der Waals surface area contributed by atoms with E-state index in [0.29, 0.717) is 11.8 Å². The van der Waals surface area contributed by atoms with Gasteiger partial charge in [0.05, 0.1) is 0 Å². The summed E-state index contributed by atoms with van der Waals surface area (Å²) in [6.07, 6.45) is 7.06. The Morgan fingerprint density at radius 2 is 0.949 bits per heavy atom. The maximum absolute atomic E-state index is 2.50. The lowest BCUT2D eigenvalue weighted by molar-refractivity contribution is 0.526. The second kappa shape index (κ2) is 9.83. The van der Waals surface area contributed by atoms with Crippen LogP contribution in [-0.4, -0.2) is 0 Å². The molecule has 0 saturated carbocycles. The molecule has 0 radical (unpaired) electrons. The van der Waals surface area contributed by atoms with Crippen LogP contribution >= 0.6 is 0 Å². The van der Waals surface area contributed by atoms with Crippen molar-refractivity contribution >= 4 is 12.2 Å². The van der Waals surface area contributed by atoms with Crippen molar-refractivity contribution in [3.63, 3.8) is 0 Å². The van der Waals surface area contributed by atoms with Gasteiger partial charge in [0, 0.05) is 5.41 Å². The summed E-state index contributed by atoms with van der Waals surface area (Å²) >= 11 is 0. The van der Waals surface area contributed by atoms with Crippen LogP contribution in [0.2, 0.25) is 0 Å². The van der Waals surface area contributed by atoms with Crippen LogP contribution in [0.3, 0.4) is 0 Å². The zero-order chi connectivity index (χ0) is 27.3. The normalized spacial score (nSPS) is 14.5. The topological polar surface area (TPSA) is 0 Å². The van der Waals surface area contributed by atoms with Crippen molar-refractivity contribution in [3.05, 3.63) is 129 Å². The highest BCUT2D eigenvalue weighted by molar-refractivity contribution is 5.84. The van der Waals surface area contributed by atoms with Crippen LogP contribution in [0.25, 0.3) is 34.4 Å². The highest BCUT2D eigenvalue weighted by Gasteiger charge is 2.34. The van der Waals surface area contributed by atoms with Gasteiger partial charge in [-0.05, 0) is 80.3 Å². The fraction of sp³-hybridized carbons (Fsp3) is 0.282. The molecule has 0 heterocycles. The van der Waals surface area contributed by atoms with Gasteiger partial charge in [-0.2, -0.15) is 0 Å². The van der Waals surface area contributed by atoms with Crippen LogP contribution < -0.4 is 0 Å². The number of fused-ring (bicyclic) bond motifs is 2. The zero-order valence-corrected chi connectivity index (χ0v) is 24.3. The third-order valence-corrected chi connectivity index (χ3v) is 9.13. The molecule has 2 aliphatic rings. The van der Waals surface area contributed by atoms with E-state index in [1.165, 1.54) is 66.8 Å². The van der Waals surface area contributed by atoms with Crippen LogP contribution in [0.15, 0.2) is 96.1 Å². The van der Waals surface area contributed by atoms with Crippen molar-refractivity contribution in [1.82, 2.24) is 0 Å². The lowest BCUT2D eigenvalue weighted by Gasteiger charge is -2.28. The molecule has 0 heteroatoms. The van der Waals surface area contributed by atoms with Crippen LogP contribution in [0.5, 0.6) is 0 Å². The van der Waals surface area contributed by atoms with Gasteiger partial charge in [-0.3, -0.25) is 0 Å². The first-order chi connectivity index (χ1) is 18.7. The van der Waals surface area contributed by atoms with Crippen molar-refractivity contribution in [1.29, 1.82) is 0 Å². The summed E-state index contributed by atoms with van der Waals surface area (Å²) in [6.45, 7) is 14.0. The standard InChI is InChI=1S/C39H40/c1-25(2)27-11-7-13-29(19-27)35-17-9-15-31-21-33(23-37(31)35)39(5,6)34-22-32-16-10-18-36(38(32)24-34)30-14-8-12-28(20-30)26(3)4/h7-20,23-26H,21-22H2,1-6H3. The van der Waals surface area contributed by atoms with Gasteiger partial charge in [0.25, 0.3) is 0 Å². The van der Waals surface area contributed by atoms with Crippen molar-refractivity contribution in [2.75, 3.05) is 0 Å². The minimum absolute atomic E-state index is 0.00780. The average Bonchev–Trinajstić information content (AvgIpc) is 3.58. The highest BCUT2D eigenvalue weighted by Crippen LogP contribution is 2.48. The predicted molar refractivity (Wildman–Crippen MR) is 169 cm³/mol. The Balaban J connectivity index is 1.36. The van der Waals surface area contributed by atoms with E-state index in [9.17, 15) is 0 Å². The van der Waals surface area contributed by atoms with Crippen molar-refractivity contribution in [2.24, 2.45) is 5.41 Å². The molecule has 6 rings (SSSR count). The van der Waals surface area contributed by atoms with Crippen LogP contribution in [0, 0.1) is 5.41 Å². The molecule has 0 spiro atoms. The molecule has 4 aromatic rings. The number of rotatable bonds is 6. The molecule has 0 unspecified atom stereocenters. The molecule has 0 nitrogen and oxygen atoms in total. The molecule has 4 aromatic carbocycles. The monoisotopic (exact) mass is 508 g/mol. The largest absolute Gasteiger partial charge is 0.0614 e. The summed E-state index contributed by atoms with van der Waals surface area (Å²) in [7, 11) is 0. The molecule has 196 valence electrons. The minimum atomic E-state index is -0.00780. The second-order valence-electron chi connectivity index (χ2n) is 12.6. The van der Waals surface area contributed by atoms with Crippen molar-refractivity contribution in [3.8, 4) is 22.3 Å². The van der Waals surface area contributed by atoms with Crippen LogP contribution in [0.4, 0.5) is 0 Å². The van der Waals surface area contributed by atoms with Gasteiger partial charge in [0.15, 0.2) is 0 Å². The van der Waals surface area contributed by atoms with Gasteiger partial charge in [0.2, 0.25) is 0 Å². The summed E-state index contributed by atoms with van der Waals surface area (Å²) in [5, 5.41) is 0. The fourth-order valence-corrected chi connectivity index (χ4v) is 6.38. The lowest BCUT2D eigenvalue weighted by atomic mass is 9.75. The molecule has 2 aliphatic carbocycles. The highest BCUT2D eigenvalue weighted by atomic mass is 14.4. The van der Waals surface area contributed by atoms with E-state index in [0.717, 1.165) is 12.8 Å². The molecule has 39 heavy (non-hydrogen) atoms. The van der Waals surface area contributed by atoms with E-state index in [4.69, 9.17) is 0 Å². The predicted octanol–water partition coefficient (Wildman–Crippen LogP) is 10.9. The summed E-state index contributed by atoms with van der Waals surface area (Å²) < 4.78 is 0. The van der Waals surface area contributed by atoms with Gasteiger partial charge < -0.3 is 0 Å². The Labute approximate surface area is 235 Å². The van der Waals surface area contributed by atoms with Gasteiger partial charge in [0.1, 0.15) is 0 Å². The molecule has 0 atom stereocenters.